The molecule has 26 heavy (non-hydrogen) atoms. The number of benzene rings is 2. The molecule has 0 aliphatic carbocycles. The number of ether oxygens (including phenoxy) is 1. The van der Waals surface area contributed by atoms with E-state index in [4.69, 9.17) is 4.74 Å². The zero-order valence-electron chi connectivity index (χ0n) is 15.0. The predicted octanol–water partition coefficient (Wildman–Crippen LogP) is 4.06. The Labute approximate surface area is 153 Å². The van der Waals surface area contributed by atoms with Crippen LogP contribution in [0, 0.1) is 12.8 Å². The van der Waals surface area contributed by atoms with Crippen LogP contribution in [0.2, 0.25) is 0 Å². The predicted molar refractivity (Wildman–Crippen MR) is 105 cm³/mol. The van der Waals surface area contributed by atoms with Gasteiger partial charge in [0.15, 0.2) is 0 Å². The first kappa shape index (κ1) is 16.8. The fraction of sp³-hybridized carbons (Fsp3) is 0.333. The molecule has 3 aromatic rings. The standard InChI is InChI=1S/C21H24N4O/c1-15-2-4-17(5-3-15)24-18-6-7-19-20(12-18)25-21(13-23-19)26-14-16-8-10-22-11-9-16/h2-7,12-13,16,22,24H,8-11,14H2,1H3. The molecule has 0 saturated carbocycles. The molecule has 0 atom stereocenters. The summed E-state index contributed by atoms with van der Waals surface area (Å²) >= 11 is 0. The van der Waals surface area contributed by atoms with Crippen LogP contribution in [0.25, 0.3) is 11.0 Å². The average molecular weight is 348 g/mol. The maximum atomic E-state index is 5.90. The van der Waals surface area contributed by atoms with E-state index in [0.717, 1.165) is 48.3 Å². The molecule has 2 heterocycles. The van der Waals surface area contributed by atoms with Crippen molar-refractivity contribution in [3.8, 4) is 5.88 Å². The van der Waals surface area contributed by atoms with Crippen LogP contribution in [0.5, 0.6) is 5.88 Å². The average Bonchev–Trinajstić information content (AvgIpc) is 2.69. The number of nitrogens with one attached hydrogen (secondary N) is 2. The highest BCUT2D eigenvalue weighted by Crippen LogP contribution is 2.22. The van der Waals surface area contributed by atoms with E-state index in [1.807, 2.05) is 18.2 Å². The highest BCUT2D eigenvalue weighted by atomic mass is 16.5. The first-order chi connectivity index (χ1) is 12.8. The third-order valence-electron chi connectivity index (χ3n) is 4.79. The van der Waals surface area contributed by atoms with Gasteiger partial charge in [0.1, 0.15) is 0 Å². The van der Waals surface area contributed by atoms with Crippen LogP contribution in [-0.2, 0) is 0 Å². The highest BCUT2D eigenvalue weighted by molar-refractivity contribution is 5.80. The lowest BCUT2D eigenvalue weighted by Gasteiger charge is -2.22. The summed E-state index contributed by atoms with van der Waals surface area (Å²) in [6, 6.07) is 14.3. The molecule has 1 aliphatic rings. The molecule has 1 aromatic heterocycles. The van der Waals surface area contributed by atoms with Crippen LogP contribution in [0.4, 0.5) is 11.4 Å². The van der Waals surface area contributed by atoms with Gasteiger partial charge in [0.25, 0.3) is 0 Å². The Balaban J connectivity index is 1.47. The molecule has 0 bridgehead atoms. The van der Waals surface area contributed by atoms with Crippen molar-refractivity contribution in [3.63, 3.8) is 0 Å². The van der Waals surface area contributed by atoms with Gasteiger partial charge in [-0.3, -0.25) is 0 Å². The molecular weight excluding hydrogens is 324 g/mol. The molecule has 1 fully saturated rings. The number of fused-ring (bicyclic) bond motifs is 1. The maximum Gasteiger partial charge on any atom is 0.232 e. The van der Waals surface area contributed by atoms with Crippen molar-refractivity contribution in [2.24, 2.45) is 5.92 Å². The van der Waals surface area contributed by atoms with E-state index in [2.05, 4.69) is 51.8 Å². The van der Waals surface area contributed by atoms with Crippen LogP contribution in [-0.4, -0.2) is 29.7 Å². The third kappa shape index (κ3) is 4.11. The largest absolute Gasteiger partial charge is 0.476 e. The molecule has 1 aliphatic heterocycles. The van der Waals surface area contributed by atoms with Crippen LogP contribution < -0.4 is 15.4 Å². The van der Waals surface area contributed by atoms with Crippen LogP contribution in [0.3, 0.4) is 0 Å². The fourth-order valence-electron chi connectivity index (χ4n) is 3.20. The lowest BCUT2D eigenvalue weighted by atomic mass is 9.99. The number of aryl methyl sites for hydroxylation is 1. The van der Waals surface area contributed by atoms with Gasteiger partial charge in [-0.15, -0.1) is 0 Å². The lowest BCUT2D eigenvalue weighted by molar-refractivity contribution is 0.209. The maximum absolute atomic E-state index is 5.90. The van der Waals surface area contributed by atoms with Crippen molar-refractivity contribution < 1.29 is 4.74 Å². The lowest BCUT2D eigenvalue weighted by Crippen LogP contribution is -2.30. The minimum absolute atomic E-state index is 0.600. The highest BCUT2D eigenvalue weighted by Gasteiger charge is 2.14. The van der Waals surface area contributed by atoms with Crippen LogP contribution in [0.15, 0.2) is 48.7 Å². The van der Waals surface area contributed by atoms with Gasteiger partial charge in [0.2, 0.25) is 5.88 Å². The Morgan fingerprint density at radius 3 is 2.62 bits per heavy atom. The van der Waals surface area contributed by atoms with Gasteiger partial charge in [-0.1, -0.05) is 17.7 Å². The van der Waals surface area contributed by atoms with Gasteiger partial charge >= 0.3 is 0 Å². The first-order valence-corrected chi connectivity index (χ1v) is 9.20. The molecule has 4 rings (SSSR count). The fourth-order valence-corrected chi connectivity index (χ4v) is 3.20. The quantitative estimate of drug-likeness (QED) is 0.728. The smallest absolute Gasteiger partial charge is 0.232 e. The van der Waals surface area contributed by atoms with Crippen LogP contribution in [0.1, 0.15) is 18.4 Å². The van der Waals surface area contributed by atoms with E-state index in [0.29, 0.717) is 18.4 Å². The molecule has 0 unspecified atom stereocenters. The SMILES string of the molecule is Cc1ccc(Nc2ccc3ncc(OCC4CCNCC4)nc3c2)cc1. The zero-order chi connectivity index (χ0) is 17.8. The van der Waals surface area contributed by atoms with Crippen molar-refractivity contribution in [1.82, 2.24) is 15.3 Å². The summed E-state index contributed by atoms with van der Waals surface area (Å²) in [7, 11) is 0. The second kappa shape index (κ2) is 7.70. The Kier molecular flexibility index (Phi) is 4.97. The number of rotatable bonds is 5. The minimum Gasteiger partial charge on any atom is -0.476 e. The van der Waals surface area contributed by atoms with Crippen LogP contribution >= 0.6 is 0 Å². The summed E-state index contributed by atoms with van der Waals surface area (Å²) in [5.41, 5.74) is 5.00. The van der Waals surface area contributed by atoms with Crippen molar-refractivity contribution in [2.75, 3.05) is 25.0 Å². The van der Waals surface area contributed by atoms with Gasteiger partial charge in [0.05, 0.1) is 23.8 Å². The Bertz CT molecular complexity index is 873. The normalized spacial score (nSPS) is 15.1. The van der Waals surface area contributed by atoms with Crippen molar-refractivity contribution in [3.05, 3.63) is 54.2 Å². The van der Waals surface area contributed by atoms with E-state index in [1.54, 1.807) is 6.20 Å². The second-order valence-electron chi connectivity index (χ2n) is 6.91. The van der Waals surface area contributed by atoms with Gasteiger partial charge in [-0.2, -0.15) is 0 Å². The van der Waals surface area contributed by atoms with E-state index < -0.39 is 0 Å². The molecule has 2 aromatic carbocycles. The van der Waals surface area contributed by atoms with Gasteiger partial charge < -0.3 is 15.4 Å². The first-order valence-electron chi connectivity index (χ1n) is 9.20. The molecule has 0 amide bonds. The molecule has 5 nitrogen and oxygen atoms in total. The number of aromatic nitrogens is 2. The van der Waals surface area contributed by atoms with E-state index in [-0.39, 0.29) is 0 Å². The Hall–Kier alpha value is -2.66. The number of hydrogen-bond acceptors (Lipinski definition) is 5. The Morgan fingerprint density at radius 2 is 1.81 bits per heavy atom. The van der Waals surface area contributed by atoms with Crippen molar-refractivity contribution in [2.45, 2.75) is 19.8 Å². The monoisotopic (exact) mass is 348 g/mol. The molecule has 134 valence electrons. The number of piperidine rings is 1. The van der Waals surface area contributed by atoms with Crippen molar-refractivity contribution >= 4 is 22.4 Å². The van der Waals surface area contributed by atoms with E-state index in [1.165, 1.54) is 5.56 Å². The summed E-state index contributed by atoms with van der Waals surface area (Å²) in [6.07, 6.45) is 4.04. The van der Waals surface area contributed by atoms with E-state index >= 15 is 0 Å². The summed E-state index contributed by atoms with van der Waals surface area (Å²) in [6.45, 7) is 4.95. The van der Waals surface area contributed by atoms with Gasteiger partial charge in [0, 0.05) is 11.4 Å². The molecule has 2 N–H and O–H groups in total. The molecule has 0 spiro atoms. The summed E-state index contributed by atoms with van der Waals surface area (Å²) in [5.74, 6) is 1.20. The van der Waals surface area contributed by atoms with Gasteiger partial charge in [-0.25, -0.2) is 9.97 Å². The molecule has 0 radical (unpaired) electrons. The second-order valence-corrected chi connectivity index (χ2v) is 6.91. The summed E-state index contributed by atoms with van der Waals surface area (Å²) < 4.78 is 5.90. The van der Waals surface area contributed by atoms with Crippen molar-refractivity contribution in [1.29, 1.82) is 0 Å². The molecule has 1 saturated heterocycles. The zero-order valence-corrected chi connectivity index (χ0v) is 15.0. The minimum atomic E-state index is 0.600. The Morgan fingerprint density at radius 1 is 1.04 bits per heavy atom. The van der Waals surface area contributed by atoms with E-state index in [9.17, 15) is 0 Å². The summed E-state index contributed by atoms with van der Waals surface area (Å²) in [4.78, 5) is 9.11. The number of hydrogen-bond donors (Lipinski definition) is 2. The molecular formula is C21H24N4O. The van der Waals surface area contributed by atoms with Gasteiger partial charge in [-0.05, 0) is 69.1 Å². The topological polar surface area (TPSA) is 59.1 Å². The number of nitrogens with zero attached hydrogens (tertiary/aromatic N) is 2. The summed E-state index contributed by atoms with van der Waals surface area (Å²) in [5, 5.41) is 6.79. The third-order valence-corrected chi connectivity index (χ3v) is 4.79. The molecule has 5 heteroatoms. The number of anilines is 2.